The molecule has 0 saturated heterocycles. The third-order valence-electron chi connectivity index (χ3n) is 4.17. The fourth-order valence-corrected chi connectivity index (χ4v) is 2.73. The summed E-state index contributed by atoms with van der Waals surface area (Å²) in [4.78, 5) is 2.35. The van der Waals surface area contributed by atoms with Gasteiger partial charge in [-0.15, -0.1) is 0 Å². The van der Waals surface area contributed by atoms with Gasteiger partial charge in [0.05, 0.1) is 0 Å². The highest BCUT2D eigenvalue weighted by Crippen LogP contribution is 2.24. The van der Waals surface area contributed by atoms with Crippen LogP contribution in [0.3, 0.4) is 0 Å². The van der Waals surface area contributed by atoms with Crippen molar-refractivity contribution >= 4 is 11.4 Å². The van der Waals surface area contributed by atoms with E-state index in [1.807, 2.05) is 12.1 Å². The van der Waals surface area contributed by atoms with Gasteiger partial charge in [0, 0.05) is 25.0 Å². The van der Waals surface area contributed by atoms with E-state index in [9.17, 15) is 0 Å². The Balaban J connectivity index is 1.97. The van der Waals surface area contributed by atoms with Crippen molar-refractivity contribution in [2.24, 2.45) is 0 Å². The Kier molecular flexibility index (Phi) is 4.89. The molecule has 21 heavy (non-hydrogen) atoms. The lowest BCUT2D eigenvalue weighted by Crippen LogP contribution is -2.20. The molecule has 2 heteroatoms. The first-order chi connectivity index (χ1) is 9.97. The molecule has 0 aliphatic heterocycles. The van der Waals surface area contributed by atoms with E-state index in [-0.39, 0.29) is 0 Å². The molecule has 2 aromatic rings. The molecule has 1 unspecified atom stereocenters. The lowest BCUT2D eigenvalue weighted by molar-refractivity contribution is 0.670. The molecule has 0 heterocycles. The van der Waals surface area contributed by atoms with Gasteiger partial charge in [-0.25, -0.2) is 0 Å². The summed E-state index contributed by atoms with van der Waals surface area (Å²) in [6, 6.07) is 14.9. The number of hydrogen-bond donors (Lipinski definition) is 1. The number of aryl methyl sites for hydroxylation is 2. The summed E-state index contributed by atoms with van der Waals surface area (Å²) in [5.74, 6) is 0.541. The molecule has 1 atom stereocenters. The summed E-state index contributed by atoms with van der Waals surface area (Å²) >= 11 is 0. The van der Waals surface area contributed by atoms with E-state index in [2.05, 4.69) is 63.1 Å². The number of anilines is 2. The van der Waals surface area contributed by atoms with Crippen LogP contribution in [0.4, 0.5) is 11.4 Å². The summed E-state index contributed by atoms with van der Waals surface area (Å²) in [6.45, 7) is 7.65. The molecule has 0 amide bonds. The van der Waals surface area contributed by atoms with Gasteiger partial charge in [-0.2, -0.15) is 0 Å². The van der Waals surface area contributed by atoms with Gasteiger partial charge >= 0.3 is 0 Å². The molecule has 0 aliphatic rings. The van der Waals surface area contributed by atoms with Gasteiger partial charge in [-0.1, -0.05) is 36.8 Å². The van der Waals surface area contributed by atoms with Crippen LogP contribution in [0, 0.1) is 13.8 Å². The number of benzene rings is 2. The molecular formula is C19H26N2. The van der Waals surface area contributed by atoms with Crippen LogP contribution in [0.15, 0.2) is 42.5 Å². The molecule has 112 valence electrons. The molecule has 0 aliphatic carbocycles. The van der Waals surface area contributed by atoms with E-state index < -0.39 is 0 Å². The van der Waals surface area contributed by atoms with Crippen LogP contribution in [-0.4, -0.2) is 13.6 Å². The average Bonchev–Trinajstić information content (AvgIpc) is 2.45. The maximum absolute atomic E-state index is 5.75. The first-order valence-electron chi connectivity index (χ1n) is 7.61. The van der Waals surface area contributed by atoms with Gasteiger partial charge < -0.3 is 10.6 Å². The van der Waals surface area contributed by atoms with Crippen LogP contribution in [0.25, 0.3) is 0 Å². The molecule has 2 N–H and O–H groups in total. The molecule has 0 saturated carbocycles. The Morgan fingerprint density at radius 3 is 2.33 bits per heavy atom. The van der Waals surface area contributed by atoms with Crippen molar-refractivity contribution < 1.29 is 0 Å². The minimum atomic E-state index is 0.541. The summed E-state index contributed by atoms with van der Waals surface area (Å²) in [5.41, 5.74) is 11.9. The summed E-state index contributed by atoms with van der Waals surface area (Å²) in [5, 5.41) is 0. The zero-order valence-electron chi connectivity index (χ0n) is 13.6. The highest BCUT2D eigenvalue weighted by molar-refractivity contribution is 5.53. The maximum Gasteiger partial charge on any atom is 0.0393 e. The highest BCUT2D eigenvalue weighted by atomic mass is 15.1. The second kappa shape index (κ2) is 6.66. The molecule has 2 aromatic carbocycles. The van der Waals surface area contributed by atoms with E-state index in [1.54, 1.807) is 0 Å². The SMILES string of the molecule is Cc1ccc(N(C)CCC(C)c2ccc(N)cc2)c(C)c1. The predicted molar refractivity (Wildman–Crippen MR) is 93.1 cm³/mol. The fraction of sp³-hybridized carbons (Fsp3) is 0.368. The van der Waals surface area contributed by atoms with E-state index >= 15 is 0 Å². The lowest BCUT2D eigenvalue weighted by atomic mass is 9.97. The van der Waals surface area contributed by atoms with Crippen molar-refractivity contribution in [2.45, 2.75) is 33.1 Å². The van der Waals surface area contributed by atoms with Crippen LogP contribution < -0.4 is 10.6 Å². The fourth-order valence-electron chi connectivity index (χ4n) is 2.73. The Labute approximate surface area is 128 Å². The molecule has 0 bridgehead atoms. The van der Waals surface area contributed by atoms with E-state index in [1.165, 1.54) is 22.4 Å². The maximum atomic E-state index is 5.75. The minimum Gasteiger partial charge on any atom is -0.399 e. The van der Waals surface area contributed by atoms with Gasteiger partial charge in [0.2, 0.25) is 0 Å². The molecular weight excluding hydrogens is 256 g/mol. The summed E-state index contributed by atoms with van der Waals surface area (Å²) < 4.78 is 0. The van der Waals surface area contributed by atoms with Crippen molar-refractivity contribution in [1.29, 1.82) is 0 Å². The molecule has 0 aromatic heterocycles. The van der Waals surface area contributed by atoms with Gasteiger partial charge in [-0.3, -0.25) is 0 Å². The number of hydrogen-bond acceptors (Lipinski definition) is 2. The number of nitrogens with two attached hydrogens (primary N) is 1. The predicted octanol–water partition coefficient (Wildman–Crippen LogP) is 4.52. The van der Waals surface area contributed by atoms with Crippen LogP contribution >= 0.6 is 0 Å². The molecule has 2 rings (SSSR count). The van der Waals surface area contributed by atoms with Gasteiger partial charge in [-0.05, 0) is 55.5 Å². The first kappa shape index (κ1) is 15.4. The van der Waals surface area contributed by atoms with Crippen molar-refractivity contribution in [3.63, 3.8) is 0 Å². The average molecular weight is 282 g/mol. The quantitative estimate of drug-likeness (QED) is 0.817. The topological polar surface area (TPSA) is 29.3 Å². The zero-order valence-corrected chi connectivity index (χ0v) is 13.6. The molecule has 0 spiro atoms. The summed E-state index contributed by atoms with van der Waals surface area (Å²) in [6.07, 6.45) is 1.13. The second-order valence-corrected chi connectivity index (χ2v) is 6.07. The van der Waals surface area contributed by atoms with E-state index in [0.717, 1.165) is 18.7 Å². The van der Waals surface area contributed by atoms with Crippen molar-refractivity contribution in [2.75, 3.05) is 24.2 Å². The first-order valence-corrected chi connectivity index (χ1v) is 7.61. The van der Waals surface area contributed by atoms with E-state index in [0.29, 0.717) is 5.92 Å². The third kappa shape index (κ3) is 4.01. The van der Waals surface area contributed by atoms with Crippen molar-refractivity contribution in [3.05, 3.63) is 59.2 Å². The smallest absolute Gasteiger partial charge is 0.0393 e. The van der Waals surface area contributed by atoms with Crippen LogP contribution in [0.2, 0.25) is 0 Å². The third-order valence-corrected chi connectivity index (χ3v) is 4.17. The van der Waals surface area contributed by atoms with Gasteiger partial charge in [0.1, 0.15) is 0 Å². The Morgan fingerprint density at radius 1 is 1.05 bits per heavy atom. The minimum absolute atomic E-state index is 0.541. The standard InChI is InChI=1S/C19H26N2/c1-14-5-10-19(16(3)13-14)21(4)12-11-15(2)17-6-8-18(20)9-7-17/h5-10,13,15H,11-12,20H2,1-4H3. The Morgan fingerprint density at radius 2 is 1.71 bits per heavy atom. The molecule has 0 fully saturated rings. The largest absolute Gasteiger partial charge is 0.399 e. The molecule has 2 nitrogen and oxygen atoms in total. The zero-order chi connectivity index (χ0) is 15.4. The normalized spacial score (nSPS) is 12.2. The van der Waals surface area contributed by atoms with Crippen molar-refractivity contribution in [1.82, 2.24) is 0 Å². The van der Waals surface area contributed by atoms with E-state index in [4.69, 9.17) is 5.73 Å². The molecule has 0 radical (unpaired) electrons. The Bertz CT molecular complexity index is 587. The number of rotatable bonds is 5. The monoisotopic (exact) mass is 282 g/mol. The lowest BCUT2D eigenvalue weighted by Gasteiger charge is -2.23. The van der Waals surface area contributed by atoms with Gasteiger partial charge in [0.25, 0.3) is 0 Å². The van der Waals surface area contributed by atoms with Gasteiger partial charge in [0.15, 0.2) is 0 Å². The Hall–Kier alpha value is -1.96. The number of nitrogen functional groups attached to an aromatic ring is 1. The van der Waals surface area contributed by atoms with Crippen LogP contribution in [0.5, 0.6) is 0 Å². The van der Waals surface area contributed by atoms with Crippen molar-refractivity contribution in [3.8, 4) is 0 Å². The van der Waals surface area contributed by atoms with Crippen LogP contribution in [0.1, 0.15) is 36.0 Å². The second-order valence-electron chi connectivity index (χ2n) is 6.07. The number of nitrogens with zero attached hydrogens (tertiary/aromatic N) is 1. The van der Waals surface area contributed by atoms with Crippen LogP contribution in [-0.2, 0) is 0 Å². The summed E-state index contributed by atoms with van der Waals surface area (Å²) in [7, 11) is 2.17. The highest BCUT2D eigenvalue weighted by Gasteiger charge is 2.09.